The summed E-state index contributed by atoms with van der Waals surface area (Å²) >= 11 is 2.94. The molecule has 0 N–H and O–H groups in total. The minimum atomic E-state index is 0. The normalized spacial score (nSPS) is 1.50. The zero-order chi connectivity index (χ0) is 2.00. The Morgan fingerprint density at radius 3 is 1.00 bits per heavy atom. The van der Waals surface area contributed by atoms with E-state index in [1.807, 2.05) is 0 Å². The van der Waals surface area contributed by atoms with Crippen LogP contribution in [0.25, 0.3) is 0 Å². The monoisotopic (exact) mass is 205 g/mol. The van der Waals surface area contributed by atoms with Crippen LogP contribution in [-0.4, -0.2) is 0 Å². The summed E-state index contributed by atoms with van der Waals surface area (Å²) < 4.78 is 7.81. The molecule has 0 spiro atoms. The summed E-state index contributed by atoms with van der Waals surface area (Å²) in [6, 6.07) is 0. The van der Waals surface area contributed by atoms with Crippen LogP contribution < -0.4 is 0 Å². The van der Waals surface area contributed by atoms with Crippen LogP contribution in [0.4, 0.5) is 0 Å². The van der Waals surface area contributed by atoms with Gasteiger partial charge in [0.05, 0.1) is 0 Å². The van der Waals surface area contributed by atoms with Gasteiger partial charge in [-0.15, -0.1) is 0 Å². The number of hydrogen-bond donors (Lipinski definition) is 0. The first-order valence-electron chi connectivity index (χ1n) is 0.123. The SMILES string of the molecule is [Cu].[Cu].[O]=[Cu]. The van der Waals surface area contributed by atoms with Crippen LogP contribution in [0.15, 0.2) is 0 Å². The summed E-state index contributed by atoms with van der Waals surface area (Å²) in [5.41, 5.74) is 0. The third-order valence-electron chi connectivity index (χ3n) is 0. The summed E-state index contributed by atoms with van der Waals surface area (Å²) in [4.78, 5) is 0. The summed E-state index contributed by atoms with van der Waals surface area (Å²) in [6.07, 6.45) is 0. The molecule has 39 valence electrons. The predicted molar refractivity (Wildman–Crippen MR) is 0.686 cm³/mol. The molecule has 0 unspecified atom stereocenters. The van der Waals surface area contributed by atoms with Gasteiger partial charge in [-0.05, 0) is 0 Å². The van der Waals surface area contributed by atoms with Gasteiger partial charge in [-0.1, -0.05) is 0 Å². The molecular formula is Cu3O. The Bertz CT molecular complexity index is 3.25. The van der Waals surface area contributed by atoms with E-state index >= 15 is 0 Å². The summed E-state index contributed by atoms with van der Waals surface area (Å²) in [5.74, 6) is 0. The number of hydrogen-bond acceptors (Lipinski definition) is 1. The fourth-order valence-electron chi connectivity index (χ4n) is 0. The van der Waals surface area contributed by atoms with E-state index < -0.39 is 0 Å². The van der Waals surface area contributed by atoms with Gasteiger partial charge in [-0.25, -0.2) is 0 Å². The van der Waals surface area contributed by atoms with Gasteiger partial charge in [-0.3, -0.25) is 0 Å². The van der Waals surface area contributed by atoms with Crippen molar-refractivity contribution in [2.24, 2.45) is 0 Å². The molecule has 0 saturated carbocycles. The topological polar surface area (TPSA) is 17.1 Å². The summed E-state index contributed by atoms with van der Waals surface area (Å²) in [5, 5.41) is 0. The second kappa shape index (κ2) is 26.6. The van der Waals surface area contributed by atoms with Crippen LogP contribution >= 0.6 is 0 Å². The van der Waals surface area contributed by atoms with Crippen molar-refractivity contribution in [1.29, 1.82) is 0 Å². The van der Waals surface area contributed by atoms with Gasteiger partial charge in [0.1, 0.15) is 0 Å². The van der Waals surface area contributed by atoms with Crippen LogP contribution in [0.2, 0.25) is 0 Å². The molecule has 0 heterocycles. The van der Waals surface area contributed by atoms with Crippen LogP contribution in [0.1, 0.15) is 0 Å². The Morgan fingerprint density at radius 1 is 1.00 bits per heavy atom. The second-order valence-corrected chi connectivity index (χ2v) is 0. The van der Waals surface area contributed by atoms with E-state index in [0.717, 1.165) is 0 Å². The van der Waals surface area contributed by atoms with E-state index in [4.69, 9.17) is 3.83 Å². The third-order valence-corrected chi connectivity index (χ3v) is 0. The third kappa shape index (κ3) is 10.1. The minimum absolute atomic E-state index is 0. The van der Waals surface area contributed by atoms with E-state index in [1.165, 1.54) is 0 Å². The average Bonchev–Trinajstić information content (AvgIpc) is 1.00. The van der Waals surface area contributed by atoms with Crippen LogP contribution in [0.3, 0.4) is 0 Å². The quantitative estimate of drug-likeness (QED) is 0.505. The summed E-state index contributed by atoms with van der Waals surface area (Å²) in [7, 11) is 0. The molecule has 0 bridgehead atoms. The molecule has 2 radical (unpaired) electrons. The van der Waals surface area contributed by atoms with Crippen molar-refractivity contribution >= 4 is 0 Å². The first kappa shape index (κ1) is 18.3. The maximum absolute atomic E-state index is 7.81. The molecule has 0 aromatic heterocycles. The zero-order valence-electron chi connectivity index (χ0n) is 1.31. The fourth-order valence-corrected chi connectivity index (χ4v) is 0. The van der Waals surface area contributed by atoms with Gasteiger partial charge >= 0.3 is 19.8 Å². The van der Waals surface area contributed by atoms with E-state index in [9.17, 15) is 0 Å². The van der Waals surface area contributed by atoms with E-state index in [-0.39, 0.29) is 34.1 Å². The van der Waals surface area contributed by atoms with Gasteiger partial charge in [0, 0.05) is 34.1 Å². The Morgan fingerprint density at radius 2 is 1.00 bits per heavy atom. The van der Waals surface area contributed by atoms with Crippen LogP contribution in [0.5, 0.6) is 0 Å². The van der Waals surface area contributed by atoms with Crippen LogP contribution in [0, 0.1) is 0 Å². The van der Waals surface area contributed by atoms with Gasteiger partial charge < -0.3 is 0 Å². The van der Waals surface area contributed by atoms with Gasteiger partial charge in [0.25, 0.3) is 0 Å². The average molecular weight is 207 g/mol. The van der Waals surface area contributed by atoms with Crippen molar-refractivity contribution in [2.45, 2.75) is 0 Å². The van der Waals surface area contributed by atoms with Crippen LogP contribution in [-0.2, 0) is 53.9 Å². The van der Waals surface area contributed by atoms with Crippen molar-refractivity contribution in [3.8, 4) is 0 Å². The molecule has 0 rings (SSSR count). The van der Waals surface area contributed by atoms with E-state index in [1.54, 1.807) is 0 Å². The molecular weight excluding hydrogens is 207 g/mol. The van der Waals surface area contributed by atoms with Crippen molar-refractivity contribution in [3.05, 3.63) is 0 Å². The first-order chi connectivity index (χ1) is 1.00. The Balaban J connectivity index is -0.00000000500. The van der Waals surface area contributed by atoms with Crippen molar-refractivity contribution in [2.75, 3.05) is 0 Å². The Labute approximate surface area is 53.9 Å². The molecule has 4 heteroatoms. The van der Waals surface area contributed by atoms with Crippen molar-refractivity contribution < 1.29 is 53.9 Å². The molecule has 0 aromatic rings. The van der Waals surface area contributed by atoms with E-state index in [2.05, 4.69) is 15.9 Å². The standard InChI is InChI=1S/3Cu.O. The van der Waals surface area contributed by atoms with Crippen molar-refractivity contribution in [1.82, 2.24) is 0 Å². The zero-order valence-corrected chi connectivity index (χ0v) is 4.14. The van der Waals surface area contributed by atoms with Gasteiger partial charge in [0.15, 0.2) is 0 Å². The van der Waals surface area contributed by atoms with Crippen molar-refractivity contribution in [3.63, 3.8) is 0 Å². The Kier molecular flexibility index (Phi) is 122. The molecule has 4 heavy (non-hydrogen) atoms. The molecule has 0 aromatic carbocycles. The molecule has 0 aliphatic rings. The molecule has 0 aliphatic carbocycles. The molecule has 0 atom stereocenters. The maximum atomic E-state index is 7.81. The Hall–Kier alpha value is 1.36. The molecule has 1 nitrogen and oxygen atoms in total. The van der Waals surface area contributed by atoms with Gasteiger partial charge in [0.2, 0.25) is 0 Å². The predicted octanol–water partition coefficient (Wildman–Crippen LogP) is -0.126. The molecule has 0 aliphatic heterocycles. The summed E-state index contributed by atoms with van der Waals surface area (Å²) in [6.45, 7) is 0. The first-order valence-corrected chi connectivity index (χ1v) is 0.508. The van der Waals surface area contributed by atoms with Gasteiger partial charge in [-0.2, -0.15) is 0 Å². The molecule has 0 amide bonds. The van der Waals surface area contributed by atoms with E-state index in [0.29, 0.717) is 0 Å². The fraction of sp³-hybridized carbons (Fsp3) is 0. The number of rotatable bonds is 0. The molecule has 0 fully saturated rings. The molecule has 0 saturated heterocycles. The second-order valence-electron chi connectivity index (χ2n) is 0.